The Kier molecular flexibility index (Phi) is 5.32. The van der Waals surface area contributed by atoms with Gasteiger partial charge < -0.3 is 9.47 Å². The van der Waals surface area contributed by atoms with Crippen LogP contribution in [0.1, 0.15) is 12.5 Å². The van der Waals surface area contributed by atoms with E-state index in [-0.39, 0.29) is 17.5 Å². The molecule has 0 radical (unpaired) electrons. The monoisotopic (exact) mass is 308 g/mol. The molecule has 0 aliphatic carbocycles. The van der Waals surface area contributed by atoms with E-state index in [0.717, 1.165) is 5.56 Å². The number of rotatable bonds is 6. The molecule has 0 spiro atoms. The van der Waals surface area contributed by atoms with Gasteiger partial charge in [-0.2, -0.15) is 0 Å². The molecule has 0 saturated heterocycles. The van der Waals surface area contributed by atoms with E-state index in [1.807, 2.05) is 20.0 Å². The Bertz CT molecular complexity index is 617. The van der Waals surface area contributed by atoms with Crippen LogP contribution in [-0.2, 0) is 18.4 Å². The van der Waals surface area contributed by atoms with Gasteiger partial charge in [0.05, 0.1) is 5.75 Å². The summed E-state index contributed by atoms with van der Waals surface area (Å²) in [6.07, 6.45) is 1.59. The average molecular weight is 308 g/mol. The van der Waals surface area contributed by atoms with Crippen molar-refractivity contribution >= 4 is 17.7 Å². The normalized spacial score (nSPS) is 10.6. The highest BCUT2D eigenvalue weighted by Gasteiger charge is 2.14. The number of thioether (sulfide) groups is 1. The SMILES string of the molecule is CCN(Cc1cccc(F)c1)C(=O)CSc1nncn1C. The second-order valence-corrected chi connectivity index (χ2v) is 5.49. The first kappa shape index (κ1) is 15.5. The lowest BCUT2D eigenvalue weighted by Crippen LogP contribution is -2.31. The number of carbonyl (C=O) groups is 1. The van der Waals surface area contributed by atoms with Gasteiger partial charge in [-0.25, -0.2) is 4.39 Å². The molecule has 1 heterocycles. The summed E-state index contributed by atoms with van der Waals surface area (Å²) >= 11 is 1.34. The summed E-state index contributed by atoms with van der Waals surface area (Å²) in [5.41, 5.74) is 0.786. The second kappa shape index (κ2) is 7.21. The molecule has 2 rings (SSSR count). The summed E-state index contributed by atoms with van der Waals surface area (Å²) in [5, 5.41) is 8.39. The first-order chi connectivity index (χ1) is 10.1. The fourth-order valence-corrected chi connectivity index (χ4v) is 2.64. The standard InChI is InChI=1S/C14H17FN4OS/c1-3-19(8-11-5-4-6-12(15)7-11)13(20)9-21-14-17-16-10-18(14)2/h4-7,10H,3,8-9H2,1-2H3. The van der Waals surface area contributed by atoms with Gasteiger partial charge in [0.1, 0.15) is 12.1 Å². The van der Waals surface area contributed by atoms with Crippen LogP contribution < -0.4 is 0 Å². The maximum Gasteiger partial charge on any atom is 0.233 e. The molecule has 5 nitrogen and oxygen atoms in total. The molecular weight excluding hydrogens is 291 g/mol. The van der Waals surface area contributed by atoms with Gasteiger partial charge in [0.25, 0.3) is 0 Å². The van der Waals surface area contributed by atoms with Crippen LogP contribution in [0.3, 0.4) is 0 Å². The van der Waals surface area contributed by atoms with E-state index in [1.54, 1.807) is 21.9 Å². The van der Waals surface area contributed by atoms with Gasteiger partial charge in [-0.1, -0.05) is 23.9 Å². The molecule has 1 amide bonds. The summed E-state index contributed by atoms with van der Waals surface area (Å²) < 4.78 is 14.9. The quantitative estimate of drug-likeness (QED) is 0.767. The van der Waals surface area contributed by atoms with Crippen LogP contribution >= 0.6 is 11.8 Å². The van der Waals surface area contributed by atoms with Crippen molar-refractivity contribution in [3.8, 4) is 0 Å². The fourth-order valence-electron chi connectivity index (χ4n) is 1.85. The maximum absolute atomic E-state index is 13.2. The third kappa shape index (κ3) is 4.29. The van der Waals surface area contributed by atoms with Crippen LogP contribution in [0.2, 0.25) is 0 Å². The highest BCUT2D eigenvalue weighted by atomic mass is 32.2. The molecule has 112 valence electrons. The van der Waals surface area contributed by atoms with Gasteiger partial charge in [0.15, 0.2) is 5.16 Å². The number of aryl methyl sites for hydroxylation is 1. The van der Waals surface area contributed by atoms with E-state index in [1.165, 1.54) is 23.9 Å². The molecule has 1 aromatic heterocycles. The smallest absolute Gasteiger partial charge is 0.233 e. The molecule has 0 atom stereocenters. The molecule has 2 aromatic rings. The number of amides is 1. The van der Waals surface area contributed by atoms with Gasteiger partial charge in [-0.05, 0) is 24.6 Å². The van der Waals surface area contributed by atoms with E-state index < -0.39 is 0 Å². The largest absolute Gasteiger partial charge is 0.338 e. The van der Waals surface area contributed by atoms with Gasteiger partial charge in [-0.3, -0.25) is 4.79 Å². The predicted octanol–water partition coefficient (Wildman–Crippen LogP) is 2.09. The number of benzene rings is 1. The molecule has 0 fully saturated rings. The zero-order valence-corrected chi connectivity index (χ0v) is 12.8. The molecule has 0 saturated carbocycles. The van der Waals surface area contributed by atoms with Crippen molar-refractivity contribution in [3.63, 3.8) is 0 Å². The second-order valence-electron chi connectivity index (χ2n) is 4.55. The minimum Gasteiger partial charge on any atom is -0.338 e. The Morgan fingerprint density at radius 1 is 1.48 bits per heavy atom. The van der Waals surface area contributed by atoms with Crippen molar-refractivity contribution in [3.05, 3.63) is 42.0 Å². The van der Waals surface area contributed by atoms with Crippen molar-refractivity contribution in [1.29, 1.82) is 0 Å². The number of hydrogen-bond donors (Lipinski definition) is 0. The number of hydrogen-bond acceptors (Lipinski definition) is 4. The van der Waals surface area contributed by atoms with Crippen LogP contribution in [0.4, 0.5) is 4.39 Å². The summed E-state index contributed by atoms with van der Waals surface area (Å²) in [6.45, 7) is 2.89. The summed E-state index contributed by atoms with van der Waals surface area (Å²) in [6, 6.07) is 6.31. The highest BCUT2D eigenvalue weighted by molar-refractivity contribution is 7.99. The molecule has 7 heteroatoms. The van der Waals surface area contributed by atoms with Gasteiger partial charge in [0, 0.05) is 20.1 Å². The van der Waals surface area contributed by atoms with Gasteiger partial charge in [0.2, 0.25) is 5.91 Å². The minimum atomic E-state index is -0.288. The fraction of sp³-hybridized carbons (Fsp3) is 0.357. The zero-order valence-electron chi connectivity index (χ0n) is 12.0. The van der Waals surface area contributed by atoms with Gasteiger partial charge >= 0.3 is 0 Å². The Labute approximate surface area is 127 Å². The van der Waals surface area contributed by atoms with Crippen molar-refractivity contribution in [2.45, 2.75) is 18.6 Å². The summed E-state index contributed by atoms with van der Waals surface area (Å²) in [7, 11) is 1.83. The summed E-state index contributed by atoms with van der Waals surface area (Å²) in [4.78, 5) is 13.9. The zero-order chi connectivity index (χ0) is 15.2. The lowest BCUT2D eigenvalue weighted by molar-refractivity contribution is -0.128. The number of nitrogens with zero attached hydrogens (tertiary/aromatic N) is 4. The molecule has 0 N–H and O–H groups in total. The number of aromatic nitrogens is 3. The van der Waals surface area contributed by atoms with E-state index in [0.29, 0.717) is 18.2 Å². The molecular formula is C14H17FN4OS. The average Bonchev–Trinajstić information content (AvgIpc) is 2.87. The molecule has 1 aromatic carbocycles. The predicted molar refractivity (Wildman–Crippen MR) is 79.2 cm³/mol. The van der Waals surface area contributed by atoms with Crippen molar-refractivity contribution < 1.29 is 9.18 Å². The number of halogens is 1. The highest BCUT2D eigenvalue weighted by Crippen LogP contribution is 2.15. The maximum atomic E-state index is 13.2. The van der Waals surface area contributed by atoms with E-state index in [2.05, 4.69) is 10.2 Å². The third-order valence-electron chi connectivity index (χ3n) is 2.99. The molecule has 21 heavy (non-hydrogen) atoms. The molecule has 0 unspecified atom stereocenters. The lowest BCUT2D eigenvalue weighted by Gasteiger charge is -2.20. The van der Waals surface area contributed by atoms with E-state index in [4.69, 9.17) is 0 Å². The number of carbonyl (C=O) groups excluding carboxylic acids is 1. The van der Waals surface area contributed by atoms with Crippen LogP contribution in [0.5, 0.6) is 0 Å². The minimum absolute atomic E-state index is 0.00485. The van der Waals surface area contributed by atoms with Crippen molar-refractivity contribution in [1.82, 2.24) is 19.7 Å². The Hall–Kier alpha value is -1.89. The van der Waals surface area contributed by atoms with Crippen molar-refractivity contribution in [2.24, 2.45) is 7.05 Å². The van der Waals surface area contributed by atoms with Crippen molar-refractivity contribution in [2.75, 3.05) is 12.3 Å². The van der Waals surface area contributed by atoms with Crippen LogP contribution in [-0.4, -0.2) is 37.9 Å². The summed E-state index contributed by atoms with van der Waals surface area (Å²) in [5.74, 6) is -0.00500. The Morgan fingerprint density at radius 2 is 2.29 bits per heavy atom. The van der Waals surface area contributed by atoms with E-state index in [9.17, 15) is 9.18 Å². The molecule has 0 aliphatic heterocycles. The topological polar surface area (TPSA) is 51.0 Å². The Balaban J connectivity index is 1.94. The first-order valence-corrected chi connectivity index (χ1v) is 7.57. The van der Waals surface area contributed by atoms with Crippen LogP contribution in [0, 0.1) is 5.82 Å². The third-order valence-corrected chi connectivity index (χ3v) is 4.01. The molecule has 0 bridgehead atoms. The lowest BCUT2D eigenvalue weighted by atomic mass is 10.2. The van der Waals surface area contributed by atoms with Crippen LogP contribution in [0.25, 0.3) is 0 Å². The Morgan fingerprint density at radius 3 is 2.90 bits per heavy atom. The van der Waals surface area contributed by atoms with E-state index >= 15 is 0 Å². The molecule has 0 aliphatic rings. The van der Waals surface area contributed by atoms with Crippen LogP contribution in [0.15, 0.2) is 35.7 Å². The first-order valence-electron chi connectivity index (χ1n) is 6.59. The van der Waals surface area contributed by atoms with Gasteiger partial charge in [-0.15, -0.1) is 10.2 Å².